The molecule has 2 amide bonds. The normalized spacial score (nSPS) is 20.7. The molecule has 1 saturated heterocycles. The molecule has 2 atom stereocenters. The second-order valence-electron chi connectivity index (χ2n) is 5.78. The topological polar surface area (TPSA) is 73.2 Å². The van der Waals surface area contributed by atoms with Crippen LogP contribution in [-0.2, 0) is 4.79 Å². The molecule has 1 aromatic carbocycles. The molecule has 2 rings (SSSR count). The average Bonchev–Trinajstić information content (AvgIpc) is 2.54. The van der Waals surface area contributed by atoms with Crippen LogP contribution in [0.25, 0.3) is 0 Å². The van der Waals surface area contributed by atoms with Crippen LogP contribution in [0.5, 0.6) is 0 Å². The Kier molecular flexibility index (Phi) is 5.30. The summed E-state index contributed by atoms with van der Waals surface area (Å²) < 4.78 is 52.2. The first-order valence-electron chi connectivity index (χ1n) is 7.48. The SMILES string of the molecule is CC(=O)N1CC(NC(=O)c2ccc(F)c(C#N)c2)CCC1C(F)(F)F. The molecule has 0 bridgehead atoms. The van der Waals surface area contributed by atoms with Crippen molar-refractivity contribution in [2.75, 3.05) is 6.54 Å². The first kappa shape index (κ1) is 18.7. The Morgan fingerprint density at radius 1 is 1.32 bits per heavy atom. The number of carbonyl (C=O) groups is 2. The number of alkyl halides is 3. The lowest BCUT2D eigenvalue weighted by atomic mass is 9.97. The Hall–Kier alpha value is -2.63. The molecule has 1 aliphatic rings. The summed E-state index contributed by atoms with van der Waals surface area (Å²) in [4.78, 5) is 24.4. The highest BCUT2D eigenvalue weighted by molar-refractivity contribution is 5.94. The maximum Gasteiger partial charge on any atom is 0.408 e. The van der Waals surface area contributed by atoms with Crippen molar-refractivity contribution in [3.63, 3.8) is 0 Å². The molecule has 0 aromatic heterocycles. The Labute approximate surface area is 141 Å². The first-order chi connectivity index (χ1) is 11.6. The summed E-state index contributed by atoms with van der Waals surface area (Å²) in [6, 6.07) is 2.29. The molecule has 2 unspecified atom stereocenters. The summed E-state index contributed by atoms with van der Waals surface area (Å²) in [6.45, 7) is 0.777. The van der Waals surface area contributed by atoms with Gasteiger partial charge in [0, 0.05) is 25.1 Å². The third kappa shape index (κ3) is 4.26. The summed E-state index contributed by atoms with van der Waals surface area (Å²) >= 11 is 0. The van der Waals surface area contributed by atoms with Gasteiger partial charge in [-0.05, 0) is 31.0 Å². The van der Waals surface area contributed by atoms with Gasteiger partial charge in [0.15, 0.2) is 0 Å². The van der Waals surface area contributed by atoms with Crippen molar-refractivity contribution in [2.24, 2.45) is 0 Å². The summed E-state index contributed by atoms with van der Waals surface area (Å²) in [5.41, 5.74) is -0.288. The lowest BCUT2D eigenvalue weighted by molar-refractivity contribution is -0.196. The fourth-order valence-electron chi connectivity index (χ4n) is 2.80. The molecule has 1 aromatic rings. The molecule has 0 radical (unpaired) electrons. The van der Waals surface area contributed by atoms with Crippen molar-refractivity contribution in [1.29, 1.82) is 5.26 Å². The van der Waals surface area contributed by atoms with E-state index in [2.05, 4.69) is 5.32 Å². The van der Waals surface area contributed by atoms with Gasteiger partial charge in [-0.2, -0.15) is 18.4 Å². The molecule has 5 nitrogen and oxygen atoms in total. The van der Waals surface area contributed by atoms with Gasteiger partial charge in [-0.1, -0.05) is 0 Å². The fraction of sp³-hybridized carbons (Fsp3) is 0.438. The van der Waals surface area contributed by atoms with Gasteiger partial charge in [0.2, 0.25) is 5.91 Å². The zero-order valence-electron chi connectivity index (χ0n) is 13.2. The number of hydrogen-bond acceptors (Lipinski definition) is 3. The number of benzene rings is 1. The van der Waals surface area contributed by atoms with E-state index in [0.717, 1.165) is 19.1 Å². The fourth-order valence-corrected chi connectivity index (χ4v) is 2.80. The van der Waals surface area contributed by atoms with Gasteiger partial charge in [0.05, 0.1) is 5.56 Å². The van der Waals surface area contributed by atoms with Crippen LogP contribution in [0.2, 0.25) is 0 Å². The summed E-state index contributed by atoms with van der Waals surface area (Å²) in [5, 5.41) is 11.3. The number of rotatable bonds is 2. The van der Waals surface area contributed by atoms with Crippen LogP contribution in [0.1, 0.15) is 35.7 Å². The molecule has 1 N–H and O–H groups in total. The van der Waals surface area contributed by atoms with Gasteiger partial charge >= 0.3 is 6.18 Å². The van der Waals surface area contributed by atoms with Crippen molar-refractivity contribution >= 4 is 11.8 Å². The van der Waals surface area contributed by atoms with Crippen molar-refractivity contribution in [2.45, 2.75) is 38.0 Å². The number of piperidine rings is 1. The van der Waals surface area contributed by atoms with Gasteiger partial charge in [-0.3, -0.25) is 9.59 Å². The van der Waals surface area contributed by atoms with Crippen LogP contribution >= 0.6 is 0 Å². The maximum absolute atomic E-state index is 13.3. The van der Waals surface area contributed by atoms with E-state index in [1.165, 1.54) is 6.07 Å². The predicted molar refractivity (Wildman–Crippen MR) is 78.8 cm³/mol. The largest absolute Gasteiger partial charge is 0.408 e. The molecule has 1 aliphatic heterocycles. The lowest BCUT2D eigenvalue weighted by Gasteiger charge is -2.40. The van der Waals surface area contributed by atoms with Crippen LogP contribution in [0.3, 0.4) is 0 Å². The van der Waals surface area contributed by atoms with Gasteiger partial charge in [0.25, 0.3) is 5.91 Å². The van der Waals surface area contributed by atoms with E-state index in [-0.39, 0.29) is 30.5 Å². The molecule has 0 spiro atoms. The zero-order valence-corrected chi connectivity index (χ0v) is 13.2. The van der Waals surface area contributed by atoms with Crippen LogP contribution in [0.15, 0.2) is 18.2 Å². The number of nitrogens with zero attached hydrogens (tertiary/aromatic N) is 2. The Morgan fingerprint density at radius 3 is 2.56 bits per heavy atom. The van der Waals surface area contributed by atoms with E-state index in [1.807, 2.05) is 0 Å². The van der Waals surface area contributed by atoms with E-state index in [4.69, 9.17) is 5.26 Å². The van der Waals surface area contributed by atoms with Crippen molar-refractivity contribution in [1.82, 2.24) is 10.2 Å². The molecule has 1 fully saturated rings. The molecule has 25 heavy (non-hydrogen) atoms. The van der Waals surface area contributed by atoms with E-state index in [9.17, 15) is 27.2 Å². The van der Waals surface area contributed by atoms with E-state index in [0.29, 0.717) is 4.90 Å². The van der Waals surface area contributed by atoms with Gasteiger partial charge in [0.1, 0.15) is 17.9 Å². The third-order valence-electron chi connectivity index (χ3n) is 4.05. The lowest BCUT2D eigenvalue weighted by Crippen LogP contribution is -2.57. The number of amides is 2. The molecule has 0 aliphatic carbocycles. The number of nitrogens with one attached hydrogen (secondary N) is 1. The second kappa shape index (κ2) is 7.09. The quantitative estimate of drug-likeness (QED) is 0.826. The summed E-state index contributed by atoms with van der Waals surface area (Å²) in [6.07, 6.45) is -4.80. The van der Waals surface area contributed by atoms with Crippen LogP contribution in [0, 0.1) is 17.1 Å². The molecule has 1 heterocycles. The standard InChI is InChI=1S/C16H15F4N3O2/c1-9(24)23-8-12(3-5-14(23)16(18,19)20)22-15(25)10-2-4-13(17)11(6-10)7-21/h2,4,6,12,14H,3,5,8H2,1H3,(H,22,25). The zero-order chi connectivity index (χ0) is 18.8. The number of hydrogen-bond donors (Lipinski definition) is 1. The smallest absolute Gasteiger partial charge is 0.348 e. The minimum Gasteiger partial charge on any atom is -0.348 e. The number of likely N-dealkylation sites (tertiary alicyclic amines) is 1. The van der Waals surface area contributed by atoms with Gasteiger partial charge < -0.3 is 10.2 Å². The summed E-state index contributed by atoms with van der Waals surface area (Å²) in [7, 11) is 0. The average molecular weight is 357 g/mol. The highest BCUT2D eigenvalue weighted by Crippen LogP contribution is 2.32. The molecule has 134 valence electrons. The third-order valence-corrected chi connectivity index (χ3v) is 4.05. The van der Waals surface area contributed by atoms with E-state index in [1.54, 1.807) is 6.07 Å². The minimum absolute atomic E-state index is 0.0188. The molecular formula is C16H15F4N3O2. The number of nitriles is 1. The summed E-state index contributed by atoms with van der Waals surface area (Å²) in [5.74, 6) is -2.14. The van der Waals surface area contributed by atoms with E-state index >= 15 is 0 Å². The van der Waals surface area contributed by atoms with Gasteiger partial charge in [-0.25, -0.2) is 4.39 Å². The van der Waals surface area contributed by atoms with E-state index < -0.39 is 35.9 Å². The van der Waals surface area contributed by atoms with Gasteiger partial charge in [-0.15, -0.1) is 0 Å². The van der Waals surface area contributed by atoms with Crippen LogP contribution in [-0.4, -0.2) is 41.5 Å². The number of halogens is 4. The monoisotopic (exact) mass is 357 g/mol. The Morgan fingerprint density at radius 2 is 2.00 bits per heavy atom. The molecule has 9 heteroatoms. The maximum atomic E-state index is 13.3. The highest BCUT2D eigenvalue weighted by Gasteiger charge is 2.47. The number of carbonyl (C=O) groups excluding carboxylic acids is 2. The van der Waals surface area contributed by atoms with Crippen LogP contribution < -0.4 is 5.32 Å². The second-order valence-corrected chi connectivity index (χ2v) is 5.78. The Balaban J connectivity index is 2.10. The Bertz CT molecular complexity index is 727. The predicted octanol–water partition coefficient (Wildman–Crippen LogP) is 2.37. The highest BCUT2D eigenvalue weighted by atomic mass is 19.4. The first-order valence-corrected chi connectivity index (χ1v) is 7.48. The van der Waals surface area contributed by atoms with Crippen molar-refractivity contribution in [3.05, 3.63) is 35.1 Å². The molecular weight excluding hydrogens is 342 g/mol. The minimum atomic E-state index is -4.53. The molecule has 0 saturated carbocycles. The van der Waals surface area contributed by atoms with Crippen molar-refractivity contribution < 1.29 is 27.2 Å². The van der Waals surface area contributed by atoms with Crippen molar-refractivity contribution in [3.8, 4) is 6.07 Å². The van der Waals surface area contributed by atoms with Crippen LogP contribution in [0.4, 0.5) is 17.6 Å².